The smallest absolute Gasteiger partial charge is 0.341 e. The highest BCUT2D eigenvalue weighted by Gasteiger charge is 2.22. The molecule has 0 bridgehead atoms. The first kappa shape index (κ1) is 15.8. The number of hydrogen-bond donors (Lipinski definition) is 1. The van der Waals surface area contributed by atoms with Crippen molar-refractivity contribution < 1.29 is 4.79 Å². The molecule has 0 saturated carbocycles. The Morgan fingerprint density at radius 3 is 1.92 bits per heavy atom. The molecule has 0 atom stereocenters. The van der Waals surface area contributed by atoms with Gasteiger partial charge in [-0.15, -0.1) is 33.2 Å². The largest absolute Gasteiger partial charge is 0.366 e. The van der Waals surface area contributed by atoms with Gasteiger partial charge in [0.15, 0.2) is 0 Å². The molecular formula is C7H14Cl3NOSi. The molecule has 0 fully saturated rings. The van der Waals surface area contributed by atoms with E-state index in [1.54, 1.807) is 13.0 Å². The number of primary amides is 1. The van der Waals surface area contributed by atoms with Gasteiger partial charge in [-0.2, -0.15) is 0 Å². The van der Waals surface area contributed by atoms with Crippen LogP contribution in [0, 0.1) is 0 Å². The van der Waals surface area contributed by atoms with Gasteiger partial charge in [0.25, 0.3) is 0 Å². The lowest BCUT2D eigenvalue weighted by Gasteiger charge is -2.01. The molecule has 78 valence electrons. The average Bonchev–Trinajstić information content (AvgIpc) is 1.84. The van der Waals surface area contributed by atoms with E-state index in [2.05, 4.69) is 5.73 Å². The maximum absolute atomic E-state index is 9.73. The fraction of sp³-hybridized carbons (Fsp3) is 0.571. The third-order valence-corrected chi connectivity index (χ3v) is 3.63. The van der Waals surface area contributed by atoms with E-state index in [0.717, 1.165) is 12.5 Å². The van der Waals surface area contributed by atoms with Gasteiger partial charge in [0.2, 0.25) is 5.91 Å². The molecule has 0 aromatic rings. The zero-order chi connectivity index (χ0) is 10.9. The van der Waals surface area contributed by atoms with E-state index in [-0.39, 0.29) is 0 Å². The van der Waals surface area contributed by atoms with Crippen LogP contribution < -0.4 is 5.73 Å². The molecule has 2 N–H and O–H groups in total. The van der Waals surface area contributed by atoms with Crippen molar-refractivity contribution in [2.75, 3.05) is 0 Å². The van der Waals surface area contributed by atoms with Crippen LogP contribution in [0.5, 0.6) is 0 Å². The Labute approximate surface area is 94.2 Å². The summed E-state index contributed by atoms with van der Waals surface area (Å²) in [6.07, 6.45) is 3.88. The molecule has 0 aromatic heterocycles. The quantitative estimate of drug-likeness (QED) is 0.474. The normalized spacial score (nSPS) is 10.8. The van der Waals surface area contributed by atoms with Gasteiger partial charge in [0, 0.05) is 0 Å². The van der Waals surface area contributed by atoms with Crippen LogP contribution in [0.25, 0.3) is 0 Å². The Hall–Kier alpha value is 0.297. The van der Waals surface area contributed by atoms with Crippen molar-refractivity contribution in [3.8, 4) is 0 Å². The molecule has 0 spiro atoms. The number of carbonyl (C=O) groups excluding carboxylic acids is 1. The first-order chi connectivity index (χ1) is 5.83. The van der Waals surface area contributed by atoms with Gasteiger partial charge >= 0.3 is 6.00 Å². The number of carbonyl (C=O) groups is 1. The lowest BCUT2D eigenvalue weighted by atomic mass is 10.5. The minimum Gasteiger partial charge on any atom is -0.366 e. The topological polar surface area (TPSA) is 43.1 Å². The fourth-order valence-electron chi connectivity index (χ4n) is 0.448. The number of hydrogen-bond acceptors (Lipinski definition) is 1. The summed E-state index contributed by atoms with van der Waals surface area (Å²) >= 11 is 16.5. The van der Waals surface area contributed by atoms with Crippen LogP contribution in [0.3, 0.4) is 0 Å². The van der Waals surface area contributed by atoms with Gasteiger partial charge in [-0.25, -0.2) is 0 Å². The highest BCUT2D eigenvalue weighted by atomic mass is 35.8. The van der Waals surface area contributed by atoms with Gasteiger partial charge in [-0.1, -0.05) is 19.4 Å². The van der Waals surface area contributed by atoms with Crippen molar-refractivity contribution in [1.82, 2.24) is 0 Å². The van der Waals surface area contributed by atoms with Gasteiger partial charge in [-0.3, -0.25) is 4.79 Å². The Bertz CT molecular complexity index is 168. The van der Waals surface area contributed by atoms with E-state index in [1.165, 1.54) is 6.08 Å². The lowest BCUT2D eigenvalue weighted by Crippen LogP contribution is -2.06. The molecule has 0 aliphatic heterocycles. The molecule has 0 saturated heterocycles. The van der Waals surface area contributed by atoms with Crippen molar-refractivity contribution in [2.24, 2.45) is 5.73 Å². The third kappa shape index (κ3) is 24.5. The number of amides is 1. The van der Waals surface area contributed by atoms with E-state index in [0.29, 0.717) is 0 Å². The molecule has 0 rings (SSSR count). The molecule has 0 radical (unpaired) electrons. The fourth-order valence-corrected chi connectivity index (χ4v) is 2.72. The van der Waals surface area contributed by atoms with Gasteiger partial charge in [0.05, 0.1) is 0 Å². The van der Waals surface area contributed by atoms with Gasteiger partial charge < -0.3 is 5.73 Å². The molecule has 0 aromatic carbocycles. The van der Waals surface area contributed by atoms with Gasteiger partial charge in [-0.05, 0) is 19.0 Å². The van der Waals surface area contributed by atoms with Gasteiger partial charge in [0.1, 0.15) is 0 Å². The molecule has 0 unspecified atom stereocenters. The van der Waals surface area contributed by atoms with Crippen LogP contribution in [-0.2, 0) is 4.79 Å². The molecule has 2 nitrogen and oxygen atoms in total. The minimum absolute atomic E-state index is 0.391. The number of allylic oxidation sites excluding steroid dienone is 1. The van der Waals surface area contributed by atoms with E-state index in [4.69, 9.17) is 33.2 Å². The maximum Gasteiger partial charge on any atom is 0.341 e. The second-order valence-electron chi connectivity index (χ2n) is 2.27. The number of nitrogens with two attached hydrogens (primary N) is 1. The highest BCUT2D eigenvalue weighted by molar-refractivity contribution is 7.64. The summed E-state index contributed by atoms with van der Waals surface area (Å²) in [6.45, 7) is 3.75. The van der Waals surface area contributed by atoms with Crippen LogP contribution in [0.4, 0.5) is 0 Å². The Morgan fingerprint density at radius 2 is 1.92 bits per heavy atom. The molecular weight excluding hydrogens is 249 g/mol. The summed E-state index contributed by atoms with van der Waals surface area (Å²) in [5.74, 6) is -0.391. The highest BCUT2D eigenvalue weighted by Crippen LogP contribution is 2.25. The van der Waals surface area contributed by atoms with Crippen LogP contribution in [-0.4, -0.2) is 11.9 Å². The monoisotopic (exact) mass is 261 g/mol. The molecule has 0 heterocycles. The van der Waals surface area contributed by atoms with Crippen molar-refractivity contribution in [1.29, 1.82) is 0 Å². The predicted octanol–water partition coefficient (Wildman–Crippen LogP) is 3.10. The Balaban J connectivity index is 0. The standard InChI is InChI=1S/C4H7NO.C3H7Cl3Si/c1-2-3-4(5)6;1-2-3-7(4,5)6/h2-3H,1H3,(H2,5,6);2-3H2,1H3. The van der Waals surface area contributed by atoms with Crippen LogP contribution in [0.2, 0.25) is 6.04 Å². The lowest BCUT2D eigenvalue weighted by molar-refractivity contribution is -0.113. The second-order valence-corrected chi connectivity index (χ2v) is 11.5. The van der Waals surface area contributed by atoms with Crippen LogP contribution in [0.15, 0.2) is 12.2 Å². The summed E-state index contributed by atoms with van der Waals surface area (Å²) in [7, 11) is 0. The predicted molar refractivity (Wildman–Crippen MR) is 62.4 cm³/mol. The van der Waals surface area contributed by atoms with E-state index >= 15 is 0 Å². The summed E-state index contributed by atoms with van der Waals surface area (Å²) in [6, 6.07) is -1.47. The molecule has 0 aliphatic rings. The van der Waals surface area contributed by atoms with Crippen molar-refractivity contribution in [2.45, 2.75) is 26.3 Å². The Morgan fingerprint density at radius 1 is 1.46 bits per heavy atom. The third-order valence-electron chi connectivity index (χ3n) is 0.864. The average molecular weight is 263 g/mol. The summed E-state index contributed by atoms with van der Waals surface area (Å²) < 4.78 is 0. The first-order valence-corrected chi connectivity index (χ1v) is 9.06. The minimum atomic E-state index is -2.24. The van der Waals surface area contributed by atoms with Crippen molar-refractivity contribution in [3.05, 3.63) is 12.2 Å². The summed E-state index contributed by atoms with van der Waals surface area (Å²) in [5.41, 5.74) is 4.68. The second kappa shape index (κ2) is 8.88. The zero-order valence-corrected chi connectivity index (χ0v) is 11.0. The van der Waals surface area contributed by atoms with E-state index < -0.39 is 11.9 Å². The molecule has 0 aliphatic carbocycles. The SMILES string of the molecule is CC=CC(N)=O.CCC[Si](Cl)(Cl)Cl. The zero-order valence-electron chi connectivity index (χ0n) is 7.69. The summed E-state index contributed by atoms with van der Waals surface area (Å²) in [4.78, 5) is 9.73. The van der Waals surface area contributed by atoms with Crippen molar-refractivity contribution in [3.63, 3.8) is 0 Å². The molecule has 13 heavy (non-hydrogen) atoms. The molecule has 6 heteroatoms. The number of rotatable bonds is 3. The van der Waals surface area contributed by atoms with E-state index in [1.807, 2.05) is 6.92 Å². The maximum atomic E-state index is 9.73. The summed E-state index contributed by atoms with van der Waals surface area (Å²) in [5, 5.41) is 0. The first-order valence-electron chi connectivity index (χ1n) is 3.82. The Kier molecular flexibility index (Phi) is 10.8. The van der Waals surface area contributed by atoms with Crippen molar-refractivity contribution >= 4 is 45.1 Å². The molecule has 1 amide bonds. The van der Waals surface area contributed by atoms with Crippen LogP contribution >= 0.6 is 33.2 Å². The number of halogens is 3. The van der Waals surface area contributed by atoms with E-state index in [9.17, 15) is 4.79 Å². The van der Waals surface area contributed by atoms with Crippen LogP contribution in [0.1, 0.15) is 20.3 Å².